The Morgan fingerprint density at radius 1 is 1.35 bits per heavy atom. The number of nitrogens with zero attached hydrogens (tertiary/aromatic N) is 1. The standard InChI is InChI=1S/C12H22N2O2.C2H6.CH5N/c1-3-4-5-6-12-13-8-7-11(10(2)16)14(12)9-15;2*1-2/h9,11-13H,3-8H2,1-2H3;1-2H3;2H2,1H3. The number of rotatable bonds is 6. The monoisotopic (exact) mass is 287 g/mol. The molecular weight excluding hydrogens is 254 g/mol. The lowest BCUT2D eigenvalue weighted by molar-refractivity contribution is -0.135. The third-order valence-corrected chi connectivity index (χ3v) is 3.19. The SMILES string of the molecule is CC.CCCCCC1NCCC(C(C)=O)N1C=O.CN. The lowest BCUT2D eigenvalue weighted by atomic mass is 10.0. The van der Waals surface area contributed by atoms with Crippen LogP contribution < -0.4 is 11.1 Å². The van der Waals surface area contributed by atoms with Crippen LogP contribution in [-0.4, -0.2) is 42.9 Å². The molecule has 0 bridgehead atoms. The average molecular weight is 287 g/mol. The summed E-state index contributed by atoms with van der Waals surface area (Å²) in [4.78, 5) is 24.1. The van der Waals surface area contributed by atoms with Crippen molar-refractivity contribution in [1.29, 1.82) is 0 Å². The Balaban J connectivity index is 0. The molecule has 0 saturated carbocycles. The van der Waals surface area contributed by atoms with E-state index in [4.69, 9.17) is 0 Å². The number of carbonyl (C=O) groups excluding carboxylic acids is 2. The summed E-state index contributed by atoms with van der Waals surface area (Å²) in [5, 5.41) is 3.31. The molecule has 1 rings (SSSR count). The van der Waals surface area contributed by atoms with Crippen LogP contribution in [0.15, 0.2) is 0 Å². The van der Waals surface area contributed by atoms with Crippen LogP contribution in [0.4, 0.5) is 0 Å². The second-order valence-electron chi connectivity index (χ2n) is 4.43. The molecule has 1 aliphatic rings. The van der Waals surface area contributed by atoms with Crippen molar-refractivity contribution < 1.29 is 9.59 Å². The number of Topliss-reactive ketones (excluding diaryl/α,β-unsaturated/α-hetero) is 1. The summed E-state index contributed by atoms with van der Waals surface area (Å²) >= 11 is 0. The van der Waals surface area contributed by atoms with Gasteiger partial charge in [0, 0.05) is 0 Å². The fraction of sp³-hybridized carbons (Fsp3) is 0.867. The van der Waals surface area contributed by atoms with Crippen LogP contribution in [0.2, 0.25) is 0 Å². The smallest absolute Gasteiger partial charge is 0.211 e. The van der Waals surface area contributed by atoms with Gasteiger partial charge in [-0.25, -0.2) is 0 Å². The summed E-state index contributed by atoms with van der Waals surface area (Å²) < 4.78 is 0. The molecule has 0 spiro atoms. The normalized spacial score (nSPS) is 21.0. The molecule has 0 radical (unpaired) electrons. The number of carbonyl (C=O) groups is 2. The minimum absolute atomic E-state index is 0.0479. The molecule has 0 aromatic rings. The van der Waals surface area contributed by atoms with E-state index in [1.807, 2.05) is 13.8 Å². The molecule has 20 heavy (non-hydrogen) atoms. The summed E-state index contributed by atoms with van der Waals surface area (Å²) in [6.45, 7) is 8.55. The van der Waals surface area contributed by atoms with E-state index >= 15 is 0 Å². The Morgan fingerprint density at radius 2 is 1.95 bits per heavy atom. The van der Waals surface area contributed by atoms with Crippen molar-refractivity contribution in [2.75, 3.05) is 13.6 Å². The molecule has 2 atom stereocenters. The Bertz CT molecular complexity index is 247. The summed E-state index contributed by atoms with van der Waals surface area (Å²) in [5.74, 6) is 0.0918. The third-order valence-electron chi connectivity index (χ3n) is 3.19. The average Bonchev–Trinajstić information content (AvgIpc) is 2.51. The van der Waals surface area contributed by atoms with Gasteiger partial charge < -0.3 is 10.6 Å². The quantitative estimate of drug-likeness (QED) is 0.578. The molecule has 1 saturated heterocycles. The van der Waals surface area contributed by atoms with Crippen molar-refractivity contribution in [3.8, 4) is 0 Å². The van der Waals surface area contributed by atoms with Crippen molar-refractivity contribution in [2.24, 2.45) is 5.73 Å². The molecule has 120 valence electrons. The number of amides is 1. The van der Waals surface area contributed by atoms with Crippen LogP contribution >= 0.6 is 0 Å². The Kier molecular flexibility index (Phi) is 15.5. The molecule has 0 aliphatic carbocycles. The van der Waals surface area contributed by atoms with Crippen LogP contribution in [0.3, 0.4) is 0 Å². The molecule has 5 nitrogen and oxygen atoms in total. The lowest BCUT2D eigenvalue weighted by Crippen LogP contribution is -2.57. The highest BCUT2D eigenvalue weighted by molar-refractivity contribution is 5.83. The van der Waals surface area contributed by atoms with E-state index in [0.717, 1.165) is 32.2 Å². The van der Waals surface area contributed by atoms with Gasteiger partial charge in [0.05, 0.1) is 12.2 Å². The topological polar surface area (TPSA) is 75.4 Å². The predicted octanol–water partition coefficient (Wildman–Crippen LogP) is 1.90. The first-order valence-corrected chi connectivity index (χ1v) is 7.75. The maximum Gasteiger partial charge on any atom is 0.211 e. The zero-order chi connectivity index (χ0) is 16.0. The highest BCUT2D eigenvalue weighted by atomic mass is 16.1. The zero-order valence-corrected chi connectivity index (χ0v) is 13.8. The van der Waals surface area contributed by atoms with Gasteiger partial charge in [-0.2, -0.15) is 0 Å². The first-order chi connectivity index (χ1) is 9.70. The first-order valence-electron chi connectivity index (χ1n) is 7.75. The van der Waals surface area contributed by atoms with Gasteiger partial charge in [-0.3, -0.25) is 14.9 Å². The molecule has 2 unspecified atom stereocenters. The predicted molar refractivity (Wildman–Crippen MR) is 84.4 cm³/mol. The fourth-order valence-corrected chi connectivity index (χ4v) is 2.26. The lowest BCUT2D eigenvalue weighted by Gasteiger charge is -2.39. The first kappa shape index (κ1) is 21.4. The van der Waals surface area contributed by atoms with Crippen molar-refractivity contribution in [1.82, 2.24) is 10.2 Å². The second-order valence-corrected chi connectivity index (χ2v) is 4.43. The van der Waals surface area contributed by atoms with Crippen LogP contribution in [-0.2, 0) is 9.59 Å². The molecule has 1 fully saturated rings. The maximum atomic E-state index is 11.4. The molecule has 5 heteroatoms. The van der Waals surface area contributed by atoms with Gasteiger partial charge in [-0.05, 0) is 33.4 Å². The molecule has 1 amide bonds. The van der Waals surface area contributed by atoms with Gasteiger partial charge in [0.2, 0.25) is 6.41 Å². The van der Waals surface area contributed by atoms with E-state index in [-0.39, 0.29) is 18.0 Å². The zero-order valence-electron chi connectivity index (χ0n) is 13.8. The minimum Gasteiger partial charge on any atom is -0.333 e. The van der Waals surface area contributed by atoms with Gasteiger partial charge in [0.1, 0.15) is 0 Å². The number of hydrogen-bond acceptors (Lipinski definition) is 4. The molecule has 1 heterocycles. The van der Waals surface area contributed by atoms with Gasteiger partial charge in [-0.15, -0.1) is 0 Å². The van der Waals surface area contributed by atoms with E-state index in [1.165, 1.54) is 19.9 Å². The summed E-state index contributed by atoms with van der Waals surface area (Å²) in [5.41, 5.74) is 4.50. The van der Waals surface area contributed by atoms with Crippen LogP contribution in [0.25, 0.3) is 0 Å². The van der Waals surface area contributed by atoms with Gasteiger partial charge >= 0.3 is 0 Å². The van der Waals surface area contributed by atoms with Gasteiger partial charge in [-0.1, -0.05) is 40.0 Å². The number of nitrogens with one attached hydrogen (secondary N) is 1. The molecule has 3 N–H and O–H groups in total. The molecular formula is C15H33N3O2. The van der Waals surface area contributed by atoms with Crippen LogP contribution in [0.1, 0.15) is 59.8 Å². The van der Waals surface area contributed by atoms with Crippen molar-refractivity contribution in [3.63, 3.8) is 0 Å². The molecule has 0 aromatic carbocycles. The van der Waals surface area contributed by atoms with E-state index in [0.29, 0.717) is 0 Å². The highest BCUT2D eigenvalue weighted by Crippen LogP contribution is 2.16. The second kappa shape index (κ2) is 14.5. The van der Waals surface area contributed by atoms with E-state index in [2.05, 4.69) is 18.0 Å². The Morgan fingerprint density at radius 3 is 2.40 bits per heavy atom. The van der Waals surface area contributed by atoms with E-state index in [9.17, 15) is 9.59 Å². The summed E-state index contributed by atoms with van der Waals surface area (Å²) in [6, 6.07) is -0.217. The molecule has 1 aliphatic heterocycles. The van der Waals surface area contributed by atoms with E-state index in [1.54, 1.807) is 11.8 Å². The van der Waals surface area contributed by atoms with Crippen molar-refractivity contribution >= 4 is 12.2 Å². The van der Waals surface area contributed by atoms with Crippen molar-refractivity contribution in [3.05, 3.63) is 0 Å². The largest absolute Gasteiger partial charge is 0.333 e. The summed E-state index contributed by atoms with van der Waals surface area (Å²) in [7, 11) is 1.50. The molecule has 0 aromatic heterocycles. The maximum absolute atomic E-state index is 11.4. The fourth-order valence-electron chi connectivity index (χ4n) is 2.26. The van der Waals surface area contributed by atoms with Gasteiger partial charge in [0.25, 0.3) is 0 Å². The Hall–Kier alpha value is -0.940. The Labute approximate surface area is 124 Å². The van der Waals surface area contributed by atoms with Crippen LogP contribution in [0, 0.1) is 0 Å². The highest BCUT2D eigenvalue weighted by Gasteiger charge is 2.31. The minimum atomic E-state index is -0.217. The number of unbranched alkanes of at least 4 members (excludes halogenated alkanes) is 2. The van der Waals surface area contributed by atoms with Crippen LogP contribution in [0.5, 0.6) is 0 Å². The summed E-state index contributed by atoms with van der Waals surface area (Å²) in [6.07, 6.45) is 5.98. The number of hydrogen-bond donors (Lipinski definition) is 2. The number of ketones is 1. The van der Waals surface area contributed by atoms with Crippen molar-refractivity contribution in [2.45, 2.75) is 72.0 Å². The van der Waals surface area contributed by atoms with E-state index < -0.39 is 0 Å². The number of nitrogens with two attached hydrogens (primary N) is 1. The third kappa shape index (κ3) is 7.60. The van der Waals surface area contributed by atoms with Gasteiger partial charge in [0.15, 0.2) is 5.78 Å².